The van der Waals surface area contributed by atoms with E-state index in [0.29, 0.717) is 29.6 Å². The molecule has 2 N–H and O–H groups in total. The fourth-order valence-electron chi connectivity index (χ4n) is 2.16. The average Bonchev–Trinajstić information content (AvgIpc) is 2.90. The molecule has 2 rings (SSSR count). The molecular weight excluding hydrogens is 509 g/mol. The van der Waals surface area contributed by atoms with Crippen LogP contribution in [-0.4, -0.2) is 24.1 Å². The molecule has 1 aromatic carbocycles. The molecule has 0 unspecified atom stereocenters. The second kappa shape index (κ2) is 11.6. The predicted molar refractivity (Wildman–Crippen MR) is 117 cm³/mol. The zero-order valence-corrected chi connectivity index (χ0v) is 19.1. The first-order valence-electron chi connectivity index (χ1n) is 8.07. The quantitative estimate of drug-likeness (QED) is 0.304. The molecule has 0 fully saturated rings. The van der Waals surface area contributed by atoms with E-state index in [0.717, 1.165) is 10.7 Å². The van der Waals surface area contributed by atoms with Crippen LogP contribution in [0.15, 0.2) is 23.2 Å². The molecule has 1 aromatic heterocycles. The molecule has 0 aliphatic rings. The van der Waals surface area contributed by atoms with Crippen molar-refractivity contribution in [3.05, 3.63) is 44.4 Å². The molecule has 0 saturated heterocycles. The Kier molecular flexibility index (Phi) is 10.2. The van der Waals surface area contributed by atoms with Gasteiger partial charge in [-0.05, 0) is 39.0 Å². The Morgan fingerprint density at radius 3 is 2.67 bits per heavy atom. The van der Waals surface area contributed by atoms with Crippen LogP contribution in [0.1, 0.15) is 28.1 Å². The highest BCUT2D eigenvalue weighted by atomic mass is 127. The highest BCUT2D eigenvalue weighted by molar-refractivity contribution is 14.0. The van der Waals surface area contributed by atoms with E-state index < -0.39 is 6.61 Å². The summed E-state index contributed by atoms with van der Waals surface area (Å²) in [6.45, 7) is 4.38. The van der Waals surface area contributed by atoms with Gasteiger partial charge in [-0.1, -0.05) is 11.6 Å². The van der Waals surface area contributed by atoms with Gasteiger partial charge >= 0.3 is 6.61 Å². The van der Waals surface area contributed by atoms with Gasteiger partial charge in [-0.3, -0.25) is 0 Å². The average molecular weight is 531 g/mol. The molecule has 0 atom stereocenters. The third-order valence-corrected chi connectivity index (χ3v) is 4.78. The van der Waals surface area contributed by atoms with Gasteiger partial charge in [0.2, 0.25) is 0 Å². The Bertz CT molecular complexity index is 754. The summed E-state index contributed by atoms with van der Waals surface area (Å²) in [4.78, 5) is 10.1. The summed E-state index contributed by atoms with van der Waals surface area (Å²) in [5.41, 5.74) is 1.50. The van der Waals surface area contributed by atoms with Crippen molar-refractivity contribution < 1.29 is 13.5 Å². The van der Waals surface area contributed by atoms with Crippen molar-refractivity contribution in [3.8, 4) is 5.75 Å². The van der Waals surface area contributed by atoms with E-state index in [1.807, 2.05) is 20.8 Å². The SMILES string of the molecule is CCNC(=NCc1cc(Cl)ccc1OC(F)F)NCc1nc(C)c(C)s1.I. The molecule has 0 spiro atoms. The molecule has 2 aromatic rings. The van der Waals surface area contributed by atoms with Crippen molar-refractivity contribution in [2.24, 2.45) is 4.99 Å². The Morgan fingerprint density at radius 1 is 1.33 bits per heavy atom. The van der Waals surface area contributed by atoms with Crippen LogP contribution in [-0.2, 0) is 13.1 Å². The lowest BCUT2D eigenvalue weighted by Gasteiger charge is -2.12. The van der Waals surface area contributed by atoms with Crippen LogP contribution >= 0.6 is 46.9 Å². The van der Waals surface area contributed by atoms with Gasteiger partial charge in [0.25, 0.3) is 0 Å². The first-order valence-corrected chi connectivity index (χ1v) is 9.26. The van der Waals surface area contributed by atoms with Gasteiger partial charge in [-0.25, -0.2) is 9.98 Å². The molecule has 27 heavy (non-hydrogen) atoms. The number of hydrogen-bond donors (Lipinski definition) is 2. The van der Waals surface area contributed by atoms with Gasteiger partial charge in [-0.15, -0.1) is 35.3 Å². The number of nitrogens with zero attached hydrogens (tertiary/aromatic N) is 2. The van der Waals surface area contributed by atoms with Gasteiger partial charge in [0.15, 0.2) is 5.96 Å². The maximum Gasteiger partial charge on any atom is 0.387 e. The Morgan fingerprint density at radius 2 is 2.07 bits per heavy atom. The summed E-state index contributed by atoms with van der Waals surface area (Å²) in [5, 5.41) is 7.69. The first-order chi connectivity index (χ1) is 12.4. The molecule has 0 saturated carbocycles. The van der Waals surface area contributed by atoms with Crippen LogP contribution in [0.2, 0.25) is 5.02 Å². The number of rotatable bonds is 7. The van der Waals surface area contributed by atoms with Crippen molar-refractivity contribution in [2.45, 2.75) is 40.5 Å². The largest absolute Gasteiger partial charge is 0.434 e. The molecule has 0 aliphatic heterocycles. The Balaban J connectivity index is 0.00000364. The summed E-state index contributed by atoms with van der Waals surface area (Å²) in [5.74, 6) is 0.621. The lowest BCUT2D eigenvalue weighted by atomic mass is 10.2. The molecule has 5 nitrogen and oxygen atoms in total. The van der Waals surface area contributed by atoms with Crippen LogP contribution in [0.4, 0.5) is 8.78 Å². The third kappa shape index (κ3) is 7.74. The van der Waals surface area contributed by atoms with Gasteiger partial charge in [0.1, 0.15) is 10.8 Å². The monoisotopic (exact) mass is 530 g/mol. The fourth-order valence-corrected chi connectivity index (χ4v) is 3.23. The maximum atomic E-state index is 12.5. The second-order valence-corrected chi connectivity index (χ2v) is 7.15. The standard InChI is InChI=1S/C17H21ClF2N4OS.HI/c1-4-21-17(23-9-15-24-10(2)11(3)26-15)22-8-12-7-13(18)5-6-14(12)25-16(19)20;/h5-7,16H,4,8-9H2,1-3H3,(H2,21,22,23);1H. The van der Waals surface area contributed by atoms with E-state index in [1.54, 1.807) is 17.4 Å². The van der Waals surface area contributed by atoms with Crippen molar-refractivity contribution in [1.82, 2.24) is 15.6 Å². The van der Waals surface area contributed by atoms with E-state index in [9.17, 15) is 8.78 Å². The van der Waals surface area contributed by atoms with Gasteiger partial charge in [0.05, 0.1) is 18.8 Å². The van der Waals surface area contributed by atoms with Crippen molar-refractivity contribution in [3.63, 3.8) is 0 Å². The predicted octanol–water partition coefficient (Wildman–Crippen LogP) is 4.89. The molecule has 0 amide bonds. The molecule has 150 valence electrons. The number of thiazole rings is 1. The number of ether oxygens (including phenoxy) is 1. The Labute approximate surface area is 183 Å². The van der Waals surface area contributed by atoms with Crippen molar-refractivity contribution in [2.75, 3.05) is 6.54 Å². The zero-order chi connectivity index (χ0) is 19.1. The van der Waals surface area contributed by atoms with Crippen LogP contribution in [0, 0.1) is 13.8 Å². The van der Waals surface area contributed by atoms with Gasteiger partial charge in [0, 0.05) is 22.0 Å². The minimum atomic E-state index is -2.90. The summed E-state index contributed by atoms with van der Waals surface area (Å²) in [7, 11) is 0. The first kappa shape index (κ1) is 23.8. The van der Waals surface area contributed by atoms with Gasteiger partial charge in [-0.2, -0.15) is 8.78 Å². The number of aryl methyl sites for hydroxylation is 2. The van der Waals surface area contributed by atoms with Crippen LogP contribution in [0.25, 0.3) is 0 Å². The summed E-state index contributed by atoms with van der Waals surface area (Å²) in [6, 6.07) is 4.49. The fraction of sp³-hybridized carbons (Fsp3) is 0.412. The third-order valence-electron chi connectivity index (χ3n) is 3.47. The number of nitrogens with one attached hydrogen (secondary N) is 2. The summed E-state index contributed by atoms with van der Waals surface area (Å²) < 4.78 is 29.6. The minimum Gasteiger partial charge on any atom is -0.434 e. The Hall–Kier alpha value is -1.20. The normalized spacial score (nSPS) is 11.3. The van der Waals surface area contributed by atoms with Crippen LogP contribution in [0.5, 0.6) is 5.75 Å². The molecule has 0 radical (unpaired) electrons. The molecule has 10 heteroatoms. The number of aromatic nitrogens is 1. The minimum absolute atomic E-state index is 0. The second-order valence-electron chi connectivity index (χ2n) is 5.43. The van der Waals surface area contributed by atoms with E-state index >= 15 is 0 Å². The number of guanidine groups is 1. The molecule has 0 bridgehead atoms. The number of aliphatic imine (C=N–C) groups is 1. The van der Waals surface area contributed by atoms with Crippen LogP contribution in [0.3, 0.4) is 0 Å². The lowest BCUT2D eigenvalue weighted by molar-refractivity contribution is -0.0504. The molecular formula is C17H22ClF2IN4OS. The van der Waals surface area contributed by atoms with Gasteiger partial charge < -0.3 is 15.4 Å². The molecule has 0 aliphatic carbocycles. The highest BCUT2D eigenvalue weighted by Gasteiger charge is 2.11. The van der Waals surface area contributed by atoms with E-state index in [2.05, 4.69) is 25.3 Å². The summed E-state index contributed by atoms with van der Waals surface area (Å²) >= 11 is 7.58. The number of alkyl halides is 2. The summed E-state index contributed by atoms with van der Waals surface area (Å²) in [6.07, 6.45) is 0. The van der Waals surface area contributed by atoms with Crippen LogP contribution < -0.4 is 15.4 Å². The number of halogens is 4. The smallest absolute Gasteiger partial charge is 0.387 e. The highest BCUT2D eigenvalue weighted by Crippen LogP contribution is 2.25. The zero-order valence-electron chi connectivity index (χ0n) is 15.2. The van der Waals surface area contributed by atoms with Crippen molar-refractivity contribution in [1.29, 1.82) is 0 Å². The molecule has 1 heterocycles. The van der Waals surface area contributed by atoms with E-state index in [-0.39, 0.29) is 36.3 Å². The number of benzene rings is 1. The number of hydrogen-bond acceptors (Lipinski definition) is 4. The topological polar surface area (TPSA) is 58.5 Å². The van der Waals surface area contributed by atoms with Crippen molar-refractivity contribution >= 4 is 52.9 Å². The van der Waals surface area contributed by atoms with E-state index in [1.165, 1.54) is 17.0 Å². The lowest BCUT2D eigenvalue weighted by Crippen LogP contribution is -2.36. The maximum absolute atomic E-state index is 12.5. The van der Waals surface area contributed by atoms with E-state index in [4.69, 9.17) is 11.6 Å².